The van der Waals surface area contributed by atoms with Gasteiger partial charge in [0, 0.05) is 6.04 Å². The SMILES string of the molecule is CCN1CCC(CNC2CCC(C)c3ccccc32)CC1. The van der Waals surface area contributed by atoms with Gasteiger partial charge >= 0.3 is 0 Å². The Morgan fingerprint density at radius 2 is 1.76 bits per heavy atom. The van der Waals surface area contributed by atoms with Gasteiger partial charge in [0.1, 0.15) is 0 Å². The Morgan fingerprint density at radius 1 is 1.05 bits per heavy atom. The first kappa shape index (κ1) is 15.1. The van der Waals surface area contributed by atoms with Crippen molar-refractivity contribution in [1.82, 2.24) is 10.2 Å². The topological polar surface area (TPSA) is 15.3 Å². The quantitative estimate of drug-likeness (QED) is 0.901. The summed E-state index contributed by atoms with van der Waals surface area (Å²) in [6, 6.07) is 9.64. The van der Waals surface area contributed by atoms with Crippen LogP contribution in [0.25, 0.3) is 0 Å². The summed E-state index contributed by atoms with van der Waals surface area (Å²) in [6.45, 7) is 9.65. The van der Waals surface area contributed by atoms with Crippen LogP contribution < -0.4 is 5.32 Å². The highest BCUT2D eigenvalue weighted by Crippen LogP contribution is 2.37. The molecule has 0 amide bonds. The Balaban J connectivity index is 1.56. The molecule has 1 N–H and O–H groups in total. The molecule has 1 fully saturated rings. The molecule has 0 saturated carbocycles. The highest BCUT2D eigenvalue weighted by molar-refractivity contribution is 5.34. The molecule has 2 heteroatoms. The van der Waals surface area contributed by atoms with Crippen molar-refractivity contribution in [2.24, 2.45) is 5.92 Å². The number of benzene rings is 1. The van der Waals surface area contributed by atoms with Crippen LogP contribution in [0.1, 0.15) is 62.6 Å². The molecular weight excluding hydrogens is 256 g/mol. The van der Waals surface area contributed by atoms with Crippen molar-refractivity contribution in [1.29, 1.82) is 0 Å². The Labute approximate surface area is 129 Å². The minimum atomic E-state index is 0.585. The van der Waals surface area contributed by atoms with E-state index in [4.69, 9.17) is 0 Å². The summed E-state index contributed by atoms with van der Waals surface area (Å²) >= 11 is 0. The first-order valence-corrected chi connectivity index (χ1v) is 8.82. The molecular formula is C19H30N2. The Morgan fingerprint density at radius 3 is 2.48 bits per heavy atom. The third-order valence-corrected chi connectivity index (χ3v) is 5.60. The summed E-state index contributed by atoms with van der Waals surface area (Å²) in [5, 5.41) is 3.88. The normalized spacial score (nSPS) is 27.5. The van der Waals surface area contributed by atoms with E-state index in [9.17, 15) is 0 Å². The second-order valence-electron chi connectivity index (χ2n) is 6.95. The van der Waals surface area contributed by atoms with Crippen molar-refractivity contribution >= 4 is 0 Å². The summed E-state index contributed by atoms with van der Waals surface area (Å²) in [5.74, 6) is 1.60. The Hall–Kier alpha value is -0.860. The predicted molar refractivity (Wildman–Crippen MR) is 89.7 cm³/mol. The zero-order valence-electron chi connectivity index (χ0n) is 13.6. The maximum Gasteiger partial charge on any atom is 0.0323 e. The first-order valence-electron chi connectivity index (χ1n) is 8.82. The van der Waals surface area contributed by atoms with Gasteiger partial charge in [0.2, 0.25) is 0 Å². The van der Waals surface area contributed by atoms with Gasteiger partial charge in [-0.3, -0.25) is 0 Å². The van der Waals surface area contributed by atoms with Gasteiger partial charge in [0.05, 0.1) is 0 Å². The second kappa shape index (κ2) is 6.93. The van der Waals surface area contributed by atoms with E-state index in [0.717, 1.165) is 11.8 Å². The number of nitrogens with one attached hydrogen (secondary N) is 1. The number of piperidine rings is 1. The van der Waals surface area contributed by atoms with E-state index in [1.807, 2.05) is 0 Å². The van der Waals surface area contributed by atoms with Crippen LogP contribution in [0.2, 0.25) is 0 Å². The van der Waals surface area contributed by atoms with E-state index in [0.29, 0.717) is 6.04 Å². The standard InChI is InChI=1S/C19H30N2/c1-3-21-12-10-16(11-13-21)14-20-19-9-8-15(2)17-6-4-5-7-18(17)19/h4-7,15-16,19-20H,3,8-14H2,1-2H3. The lowest BCUT2D eigenvalue weighted by atomic mass is 9.81. The fourth-order valence-electron chi connectivity index (χ4n) is 4.03. The number of hydrogen-bond donors (Lipinski definition) is 1. The van der Waals surface area contributed by atoms with Gasteiger partial charge in [-0.1, -0.05) is 38.1 Å². The molecule has 1 heterocycles. The lowest BCUT2D eigenvalue weighted by Gasteiger charge is -2.34. The van der Waals surface area contributed by atoms with Gasteiger partial charge in [-0.05, 0) is 74.8 Å². The van der Waals surface area contributed by atoms with Crippen LogP contribution in [0.5, 0.6) is 0 Å². The van der Waals surface area contributed by atoms with Gasteiger partial charge in [-0.25, -0.2) is 0 Å². The summed E-state index contributed by atoms with van der Waals surface area (Å²) < 4.78 is 0. The van der Waals surface area contributed by atoms with Crippen LogP contribution in [0.4, 0.5) is 0 Å². The molecule has 1 aromatic rings. The number of likely N-dealkylation sites (tertiary alicyclic amines) is 1. The first-order chi connectivity index (χ1) is 10.3. The molecule has 3 rings (SSSR count). The van der Waals surface area contributed by atoms with Crippen LogP contribution in [0.15, 0.2) is 24.3 Å². The van der Waals surface area contributed by atoms with Crippen molar-refractivity contribution in [2.45, 2.75) is 51.5 Å². The molecule has 2 unspecified atom stereocenters. The van der Waals surface area contributed by atoms with Crippen molar-refractivity contribution in [2.75, 3.05) is 26.2 Å². The van der Waals surface area contributed by atoms with Crippen LogP contribution in [0, 0.1) is 5.92 Å². The van der Waals surface area contributed by atoms with Crippen LogP contribution in [-0.4, -0.2) is 31.1 Å². The molecule has 2 atom stereocenters. The molecule has 0 radical (unpaired) electrons. The molecule has 0 aromatic heterocycles. The highest BCUT2D eigenvalue weighted by Gasteiger charge is 2.25. The van der Waals surface area contributed by atoms with E-state index < -0.39 is 0 Å². The molecule has 1 aliphatic heterocycles. The average molecular weight is 286 g/mol. The monoisotopic (exact) mass is 286 g/mol. The predicted octanol–water partition coefficient (Wildman–Crippen LogP) is 3.95. The molecule has 1 aliphatic carbocycles. The maximum atomic E-state index is 3.88. The summed E-state index contributed by atoms with van der Waals surface area (Å²) in [4.78, 5) is 2.58. The summed E-state index contributed by atoms with van der Waals surface area (Å²) in [5.41, 5.74) is 3.13. The van der Waals surface area contributed by atoms with E-state index in [-0.39, 0.29) is 0 Å². The molecule has 1 aromatic carbocycles. The molecule has 0 spiro atoms. The highest BCUT2D eigenvalue weighted by atomic mass is 15.1. The smallest absolute Gasteiger partial charge is 0.0323 e. The van der Waals surface area contributed by atoms with E-state index in [1.165, 1.54) is 51.9 Å². The van der Waals surface area contributed by atoms with Gasteiger partial charge in [0.25, 0.3) is 0 Å². The zero-order chi connectivity index (χ0) is 14.7. The second-order valence-corrected chi connectivity index (χ2v) is 6.95. The van der Waals surface area contributed by atoms with E-state index >= 15 is 0 Å². The maximum absolute atomic E-state index is 3.88. The third kappa shape index (κ3) is 3.49. The van der Waals surface area contributed by atoms with Crippen molar-refractivity contribution in [3.8, 4) is 0 Å². The molecule has 1 saturated heterocycles. The number of hydrogen-bond acceptors (Lipinski definition) is 2. The Bertz CT molecular complexity index is 449. The molecule has 21 heavy (non-hydrogen) atoms. The lowest BCUT2D eigenvalue weighted by molar-refractivity contribution is 0.186. The summed E-state index contributed by atoms with van der Waals surface area (Å²) in [7, 11) is 0. The van der Waals surface area contributed by atoms with E-state index in [1.54, 1.807) is 11.1 Å². The molecule has 2 nitrogen and oxygen atoms in total. The minimum Gasteiger partial charge on any atom is -0.310 e. The fraction of sp³-hybridized carbons (Fsp3) is 0.684. The van der Waals surface area contributed by atoms with Gasteiger partial charge < -0.3 is 10.2 Å². The third-order valence-electron chi connectivity index (χ3n) is 5.60. The minimum absolute atomic E-state index is 0.585. The van der Waals surface area contributed by atoms with Gasteiger partial charge in [0.15, 0.2) is 0 Å². The number of nitrogens with zero attached hydrogens (tertiary/aromatic N) is 1. The lowest BCUT2D eigenvalue weighted by Crippen LogP contribution is -2.38. The number of fused-ring (bicyclic) bond motifs is 1. The molecule has 2 aliphatic rings. The van der Waals surface area contributed by atoms with Gasteiger partial charge in [-0.15, -0.1) is 0 Å². The molecule has 0 bridgehead atoms. The summed E-state index contributed by atoms with van der Waals surface area (Å²) in [6.07, 6.45) is 5.35. The average Bonchev–Trinajstić information content (AvgIpc) is 2.55. The van der Waals surface area contributed by atoms with Crippen molar-refractivity contribution in [3.63, 3.8) is 0 Å². The van der Waals surface area contributed by atoms with Gasteiger partial charge in [-0.2, -0.15) is 0 Å². The number of rotatable bonds is 4. The largest absolute Gasteiger partial charge is 0.310 e. The zero-order valence-corrected chi connectivity index (χ0v) is 13.6. The Kier molecular flexibility index (Phi) is 4.97. The van der Waals surface area contributed by atoms with Crippen molar-refractivity contribution in [3.05, 3.63) is 35.4 Å². The molecule has 116 valence electrons. The van der Waals surface area contributed by atoms with Crippen LogP contribution >= 0.6 is 0 Å². The van der Waals surface area contributed by atoms with Crippen LogP contribution in [0.3, 0.4) is 0 Å². The van der Waals surface area contributed by atoms with Crippen molar-refractivity contribution < 1.29 is 0 Å². The fourth-order valence-corrected chi connectivity index (χ4v) is 4.03. The van der Waals surface area contributed by atoms with Crippen LogP contribution in [-0.2, 0) is 0 Å². The van der Waals surface area contributed by atoms with E-state index in [2.05, 4.69) is 48.3 Å².